The van der Waals surface area contributed by atoms with Gasteiger partial charge in [0.1, 0.15) is 6.04 Å². The van der Waals surface area contributed by atoms with Crippen LogP contribution in [0.5, 0.6) is 0 Å². The van der Waals surface area contributed by atoms with Crippen molar-refractivity contribution >= 4 is 23.3 Å². The zero-order valence-electron chi connectivity index (χ0n) is 16.6. The van der Waals surface area contributed by atoms with Gasteiger partial charge in [-0.3, -0.25) is 9.69 Å². The highest BCUT2D eigenvalue weighted by atomic mass is 35.5. The molecule has 154 valence electrons. The van der Waals surface area contributed by atoms with Crippen molar-refractivity contribution in [3.63, 3.8) is 0 Å². The average Bonchev–Trinajstić information content (AvgIpc) is 2.73. The molecule has 0 N–H and O–H groups in total. The van der Waals surface area contributed by atoms with Gasteiger partial charge in [-0.15, -0.1) is 0 Å². The van der Waals surface area contributed by atoms with Gasteiger partial charge in [-0.2, -0.15) is 0 Å². The highest BCUT2D eigenvalue weighted by molar-refractivity contribution is 6.30. The number of benzene rings is 1. The van der Waals surface area contributed by atoms with E-state index in [0.717, 1.165) is 37.6 Å². The molecule has 0 saturated carbocycles. The van der Waals surface area contributed by atoms with Gasteiger partial charge in [0.25, 0.3) is 0 Å². The molecule has 0 aliphatic carbocycles. The Morgan fingerprint density at radius 2 is 1.97 bits per heavy atom. The molecular formula is C22H26ClN3O3. The first-order chi connectivity index (χ1) is 14.1. The lowest BCUT2D eigenvalue weighted by molar-refractivity contribution is -0.119. The minimum Gasteiger partial charge on any atom is -0.480 e. The summed E-state index contributed by atoms with van der Waals surface area (Å²) in [5.41, 5.74) is 2.01. The minimum atomic E-state index is -0.289. The third-order valence-electron chi connectivity index (χ3n) is 5.39. The monoisotopic (exact) mass is 415 g/mol. The molecule has 1 saturated heterocycles. The first-order valence-corrected chi connectivity index (χ1v) is 10.5. The van der Waals surface area contributed by atoms with Crippen LogP contribution in [0, 0.1) is 5.92 Å². The zero-order valence-corrected chi connectivity index (χ0v) is 17.3. The second-order valence-electron chi connectivity index (χ2n) is 7.42. The molecule has 1 aromatic rings. The number of nitrogens with zero attached hydrogens (tertiary/aromatic N) is 3. The first kappa shape index (κ1) is 20.1. The van der Waals surface area contributed by atoms with Crippen molar-refractivity contribution in [1.82, 2.24) is 9.80 Å². The standard InChI is InChI=1S/C22H26ClN3O3/c1-2-29-22-21-19(13-18(24-22)15-25-9-11-28-12-10-25)20(27)7-8-26(21)14-16-3-5-17(23)6-4-16/h3-8,13,19,21H,2,9-12,14-15H2,1H3. The molecule has 2 atom stereocenters. The van der Waals surface area contributed by atoms with Crippen LogP contribution < -0.4 is 0 Å². The third kappa shape index (κ3) is 4.71. The number of ketones is 1. The molecule has 1 fully saturated rings. The number of aliphatic imine (C=N–C) groups is 1. The van der Waals surface area contributed by atoms with Crippen LogP contribution in [0.4, 0.5) is 0 Å². The lowest BCUT2D eigenvalue weighted by Gasteiger charge is -2.39. The fourth-order valence-electron chi connectivity index (χ4n) is 3.95. The quantitative estimate of drug-likeness (QED) is 0.740. The van der Waals surface area contributed by atoms with E-state index >= 15 is 0 Å². The van der Waals surface area contributed by atoms with Gasteiger partial charge in [-0.05, 0) is 36.8 Å². The summed E-state index contributed by atoms with van der Waals surface area (Å²) in [6, 6.07) is 7.54. The summed E-state index contributed by atoms with van der Waals surface area (Å²) in [5, 5.41) is 0.709. The van der Waals surface area contributed by atoms with Crippen LogP contribution in [0.3, 0.4) is 0 Å². The molecule has 7 heteroatoms. The number of carbonyl (C=O) groups excluding carboxylic acids is 1. The highest BCUT2D eigenvalue weighted by Crippen LogP contribution is 2.30. The molecule has 3 aliphatic heterocycles. The van der Waals surface area contributed by atoms with Crippen LogP contribution in [0.1, 0.15) is 12.5 Å². The number of morpholine rings is 1. The Labute approximate surface area is 176 Å². The summed E-state index contributed by atoms with van der Waals surface area (Å²) in [7, 11) is 0. The topological polar surface area (TPSA) is 54.4 Å². The Hall–Kier alpha value is -2.15. The molecule has 3 aliphatic rings. The van der Waals surface area contributed by atoms with E-state index in [4.69, 9.17) is 26.1 Å². The predicted octanol–water partition coefficient (Wildman–Crippen LogP) is 2.89. The van der Waals surface area contributed by atoms with Crippen LogP contribution in [0.2, 0.25) is 5.02 Å². The average molecular weight is 416 g/mol. The van der Waals surface area contributed by atoms with E-state index in [9.17, 15) is 4.79 Å². The van der Waals surface area contributed by atoms with Crippen molar-refractivity contribution in [2.24, 2.45) is 10.9 Å². The molecule has 0 amide bonds. The predicted molar refractivity (Wildman–Crippen MR) is 113 cm³/mol. The van der Waals surface area contributed by atoms with E-state index in [1.54, 1.807) is 6.08 Å². The van der Waals surface area contributed by atoms with Gasteiger partial charge in [0, 0.05) is 37.4 Å². The lowest BCUT2D eigenvalue weighted by Crippen LogP contribution is -2.50. The number of hydrogen-bond acceptors (Lipinski definition) is 6. The van der Waals surface area contributed by atoms with Crippen molar-refractivity contribution < 1.29 is 14.3 Å². The molecule has 0 aromatic heterocycles. The van der Waals surface area contributed by atoms with Crippen LogP contribution in [0.25, 0.3) is 0 Å². The molecule has 0 radical (unpaired) electrons. The third-order valence-corrected chi connectivity index (χ3v) is 5.65. The number of rotatable bonds is 5. The Kier molecular flexibility index (Phi) is 6.33. The van der Waals surface area contributed by atoms with E-state index in [-0.39, 0.29) is 17.7 Å². The number of ether oxygens (including phenoxy) is 2. The normalized spacial score (nSPS) is 24.8. The van der Waals surface area contributed by atoms with Gasteiger partial charge >= 0.3 is 0 Å². The maximum absolute atomic E-state index is 12.7. The number of halogens is 1. The molecule has 6 nitrogen and oxygen atoms in total. The molecule has 0 spiro atoms. The van der Waals surface area contributed by atoms with Crippen molar-refractivity contribution in [2.45, 2.75) is 19.5 Å². The molecule has 1 aromatic carbocycles. The number of allylic oxidation sites excluding steroid dienone is 1. The largest absolute Gasteiger partial charge is 0.480 e. The van der Waals surface area contributed by atoms with Crippen LogP contribution in [-0.4, -0.2) is 67.0 Å². The molecule has 3 heterocycles. The van der Waals surface area contributed by atoms with E-state index in [1.165, 1.54) is 0 Å². The van der Waals surface area contributed by atoms with Crippen molar-refractivity contribution in [1.29, 1.82) is 0 Å². The highest BCUT2D eigenvalue weighted by Gasteiger charge is 2.40. The maximum atomic E-state index is 12.7. The van der Waals surface area contributed by atoms with Gasteiger partial charge in [0.15, 0.2) is 5.78 Å². The Balaban J connectivity index is 1.57. The Morgan fingerprint density at radius 1 is 1.21 bits per heavy atom. The summed E-state index contributed by atoms with van der Waals surface area (Å²) >= 11 is 6.01. The van der Waals surface area contributed by atoms with Crippen molar-refractivity contribution in [3.8, 4) is 0 Å². The molecule has 0 bridgehead atoms. The van der Waals surface area contributed by atoms with Gasteiger partial charge < -0.3 is 14.4 Å². The minimum absolute atomic E-state index is 0.0916. The van der Waals surface area contributed by atoms with Gasteiger partial charge in [0.05, 0.1) is 31.4 Å². The summed E-state index contributed by atoms with van der Waals surface area (Å²) < 4.78 is 11.4. The van der Waals surface area contributed by atoms with Gasteiger partial charge in [-0.1, -0.05) is 23.7 Å². The van der Waals surface area contributed by atoms with Crippen LogP contribution in [0.15, 0.2) is 53.3 Å². The van der Waals surface area contributed by atoms with Gasteiger partial charge in [0.2, 0.25) is 5.90 Å². The van der Waals surface area contributed by atoms with Crippen LogP contribution in [-0.2, 0) is 20.8 Å². The van der Waals surface area contributed by atoms with E-state index < -0.39 is 0 Å². The maximum Gasteiger partial charge on any atom is 0.212 e. The lowest BCUT2D eigenvalue weighted by atomic mass is 9.87. The van der Waals surface area contributed by atoms with E-state index in [1.807, 2.05) is 43.5 Å². The number of carbonyl (C=O) groups is 1. The summed E-state index contributed by atoms with van der Waals surface area (Å²) in [4.78, 5) is 22.0. The fourth-order valence-corrected chi connectivity index (χ4v) is 4.08. The Morgan fingerprint density at radius 3 is 2.69 bits per heavy atom. The smallest absolute Gasteiger partial charge is 0.212 e. The summed E-state index contributed by atoms with van der Waals surface area (Å²) in [6.07, 6.45) is 5.53. The zero-order chi connectivity index (χ0) is 20.2. The van der Waals surface area contributed by atoms with Crippen molar-refractivity contribution in [2.75, 3.05) is 39.5 Å². The second-order valence-corrected chi connectivity index (χ2v) is 7.85. The molecule has 4 rings (SSSR count). The summed E-state index contributed by atoms with van der Waals surface area (Å²) in [5.74, 6) is 0.422. The van der Waals surface area contributed by atoms with E-state index in [2.05, 4.69) is 9.80 Å². The molecular weight excluding hydrogens is 390 g/mol. The summed E-state index contributed by atoms with van der Waals surface area (Å²) in [6.45, 7) is 7.04. The van der Waals surface area contributed by atoms with E-state index in [0.29, 0.717) is 30.6 Å². The number of hydrogen-bond donors (Lipinski definition) is 0. The number of fused-ring (bicyclic) bond motifs is 1. The van der Waals surface area contributed by atoms with Gasteiger partial charge in [-0.25, -0.2) is 4.99 Å². The van der Waals surface area contributed by atoms with Crippen molar-refractivity contribution in [3.05, 3.63) is 58.9 Å². The molecule has 29 heavy (non-hydrogen) atoms. The first-order valence-electron chi connectivity index (χ1n) is 10.1. The second kappa shape index (κ2) is 9.11. The Bertz CT molecular complexity index is 828. The molecule has 2 unspecified atom stereocenters. The van der Waals surface area contributed by atoms with Crippen LogP contribution >= 0.6 is 11.6 Å². The SMILES string of the molecule is CCOC1=NC(CN2CCOCC2)=CC2C(=O)C=CN(Cc3ccc(Cl)cc3)C12. The fraction of sp³-hybridized carbons (Fsp3) is 0.455.